The smallest absolute Gasteiger partial charge is 0.341 e. The van der Waals surface area contributed by atoms with Crippen molar-refractivity contribution in [3.05, 3.63) is 70.0 Å². The number of nitrogens with two attached hydrogens (primary N) is 1. The Morgan fingerprint density at radius 1 is 1.18 bits per heavy atom. The molecule has 34 heavy (non-hydrogen) atoms. The van der Waals surface area contributed by atoms with Crippen LogP contribution in [0.1, 0.15) is 39.9 Å². The lowest BCUT2D eigenvalue weighted by molar-refractivity contribution is -0.139. The molecule has 9 nitrogen and oxygen atoms in total. The molecule has 0 bridgehead atoms. The van der Waals surface area contributed by atoms with E-state index in [9.17, 15) is 14.4 Å². The predicted octanol–water partition coefficient (Wildman–Crippen LogP) is 3.05. The van der Waals surface area contributed by atoms with Crippen LogP contribution in [0.2, 0.25) is 0 Å². The SMILES string of the molecule is CCc1c(C(=O)C(N)=O)c2c(OCC(=O)O)nc(C)nn2c1Cc1ccccc1-c1cccs1. The third-order valence-electron chi connectivity index (χ3n) is 5.36. The topological polar surface area (TPSA) is 137 Å². The van der Waals surface area contributed by atoms with Gasteiger partial charge in [-0.3, -0.25) is 9.59 Å². The molecule has 1 amide bonds. The second-order valence-corrected chi connectivity index (χ2v) is 8.51. The van der Waals surface area contributed by atoms with Gasteiger partial charge in [0.05, 0.1) is 11.3 Å². The second-order valence-electron chi connectivity index (χ2n) is 7.57. The van der Waals surface area contributed by atoms with Crippen LogP contribution < -0.4 is 10.5 Å². The minimum atomic E-state index is -1.20. The molecule has 0 fully saturated rings. The van der Waals surface area contributed by atoms with Crippen molar-refractivity contribution in [1.29, 1.82) is 0 Å². The molecule has 0 saturated carbocycles. The first kappa shape index (κ1) is 23.1. The third-order valence-corrected chi connectivity index (χ3v) is 6.27. The van der Waals surface area contributed by atoms with Gasteiger partial charge in [0.15, 0.2) is 6.61 Å². The molecule has 174 valence electrons. The Bertz CT molecular complexity index is 1410. The van der Waals surface area contributed by atoms with Crippen LogP contribution in [0.4, 0.5) is 0 Å². The number of primary amides is 1. The van der Waals surface area contributed by atoms with E-state index in [0.717, 1.165) is 16.0 Å². The molecule has 0 saturated heterocycles. The van der Waals surface area contributed by atoms with Gasteiger partial charge < -0.3 is 15.6 Å². The van der Waals surface area contributed by atoms with Gasteiger partial charge in [0, 0.05) is 11.3 Å². The lowest BCUT2D eigenvalue weighted by Gasteiger charge is -2.11. The van der Waals surface area contributed by atoms with E-state index in [4.69, 9.17) is 15.6 Å². The van der Waals surface area contributed by atoms with Crippen molar-refractivity contribution in [1.82, 2.24) is 14.6 Å². The molecule has 3 N–H and O–H groups in total. The number of ether oxygens (including phenoxy) is 1. The first-order valence-corrected chi connectivity index (χ1v) is 11.4. The number of aryl methyl sites for hydroxylation is 1. The molecule has 1 aromatic carbocycles. The van der Waals surface area contributed by atoms with Crippen LogP contribution in [0.3, 0.4) is 0 Å². The first-order chi connectivity index (χ1) is 16.3. The first-order valence-electron chi connectivity index (χ1n) is 10.5. The molecule has 0 aliphatic heterocycles. The number of thiophene rings is 1. The van der Waals surface area contributed by atoms with E-state index >= 15 is 0 Å². The molecular formula is C24H22N4O5S. The molecular weight excluding hydrogens is 456 g/mol. The Balaban J connectivity index is 1.99. The quantitative estimate of drug-likeness (QED) is 0.279. The average Bonchev–Trinajstić information content (AvgIpc) is 3.44. The summed E-state index contributed by atoms with van der Waals surface area (Å²) in [6, 6.07) is 11.9. The van der Waals surface area contributed by atoms with Gasteiger partial charge in [-0.1, -0.05) is 37.3 Å². The van der Waals surface area contributed by atoms with Gasteiger partial charge in [-0.15, -0.1) is 11.3 Å². The molecule has 0 aliphatic rings. The fourth-order valence-electron chi connectivity index (χ4n) is 4.02. The number of carboxylic acids is 1. The number of rotatable bonds is 9. The largest absolute Gasteiger partial charge is 0.479 e. The summed E-state index contributed by atoms with van der Waals surface area (Å²) in [6.07, 6.45) is 0.810. The number of Topliss-reactive ketones (excluding diaryl/α,β-unsaturated/α-hetero) is 1. The maximum absolute atomic E-state index is 12.9. The number of aromatic nitrogens is 3. The highest BCUT2D eigenvalue weighted by Gasteiger charge is 2.30. The number of hydrogen-bond donors (Lipinski definition) is 2. The van der Waals surface area contributed by atoms with E-state index < -0.39 is 24.3 Å². The van der Waals surface area contributed by atoms with Crippen LogP contribution in [0, 0.1) is 6.92 Å². The molecule has 0 atom stereocenters. The Hall–Kier alpha value is -4.05. The molecule has 10 heteroatoms. The minimum absolute atomic E-state index is 0.0407. The lowest BCUT2D eigenvalue weighted by atomic mass is 9.96. The Morgan fingerprint density at radius 3 is 2.59 bits per heavy atom. The number of carboxylic acid groups (broad SMARTS) is 1. The van der Waals surface area contributed by atoms with Crippen molar-refractivity contribution in [2.75, 3.05) is 6.61 Å². The van der Waals surface area contributed by atoms with Crippen molar-refractivity contribution in [3.8, 4) is 16.3 Å². The number of hydrogen-bond acceptors (Lipinski definition) is 7. The van der Waals surface area contributed by atoms with Crippen LogP contribution >= 0.6 is 11.3 Å². The number of benzene rings is 1. The van der Waals surface area contributed by atoms with Gasteiger partial charge in [-0.2, -0.15) is 10.1 Å². The second kappa shape index (κ2) is 9.44. The summed E-state index contributed by atoms with van der Waals surface area (Å²) in [4.78, 5) is 41.3. The van der Waals surface area contributed by atoms with Crippen LogP contribution in [0.15, 0.2) is 41.8 Å². The van der Waals surface area contributed by atoms with Crippen molar-refractivity contribution in [2.45, 2.75) is 26.7 Å². The van der Waals surface area contributed by atoms with Crippen LogP contribution in [0.5, 0.6) is 5.88 Å². The normalized spacial score (nSPS) is 11.0. The summed E-state index contributed by atoms with van der Waals surface area (Å²) in [7, 11) is 0. The Labute approximate surface area is 198 Å². The van der Waals surface area contributed by atoms with Gasteiger partial charge in [-0.05, 0) is 41.5 Å². The third kappa shape index (κ3) is 4.27. The van der Waals surface area contributed by atoms with Crippen molar-refractivity contribution >= 4 is 34.5 Å². The summed E-state index contributed by atoms with van der Waals surface area (Å²) < 4.78 is 6.93. The summed E-state index contributed by atoms with van der Waals surface area (Å²) in [6.45, 7) is 2.83. The van der Waals surface area contributed by atoms with Gasteiger partial charge in [0.2, 0.25) is 5.88 Å². The molecule has 0 aliphatic carbocycles. The molecule has 0 spiro atoms. The number of carbonyl (C=O) groups excluding carboxylic acids is 2. The van der Waals surface area contributed by atoms with E-state index in [1.54, 1.807) is 18.3 Å². The number of aliphatic carboxylic acids is 1. The monoisotopic (exact) mass is 478 g/mol. The Morgan fingerprint density at radius 2 is 1.94 bits per heavy atom. The van der Waals surface area contributed by atoms with E-state index in [0.29, 0.717) is 29.9 Å². The van der Waals surface area contributed by atoms with Crippen molar-refractivity contribution < 1.29 is 24.2 Å². The summed E-state index contributed by atoms with van der Waals surface area (Å²) in [5.74, 6) is -3.01. The zero-order chi connectivity index (χ0) is 24.4. The number of ketones is 1. The number of carbonyl (C=O) groups is 3. The maximum atomic E-state index is 12.9. The van der Waals surface area contributed by atoms with Crippen molar-refractivity contribution in [3.63, 3.8) is 0 Å². The highest BCUT2D eigenvalue weighted by atomic mass is 32.1. The van der Waals surface area contributed by atoms with Gasteiger partial charge in [0.1, 0.15) is 11.3 Å². The number of nitrogens with zero attached hydrogens (tertiary/aromatic N) is 3. The Kier molecular flexibility index (Phi) is 6.42. The summed E-state index contributed by atoms with van der Waals surface area (Å²) in [5.41, 5.74) is 8.85. The average molecular weight is 479 g/mol. The van der Waals surface area contributed by atoms with Crippen LogP contribution in [-0.4, -0.2) is 44.0 Å². The lowest BCUT2D eigenvalue weighted by Crippen LogP contribution is -2.24. The predicted molar refractivity (Wildman–Crippen MR) is 126 cm³/mol. The highest BCUT2D eigenvalue weighted by Crippen LogP contribution is 2.34. The van der Waals surface area contributed by atoms with Gasteiger partial charge >= 0.3 is 5.97 Å². The fourth-order valence-corrected chi connectivity index (χ4v) is 4.81. The standard InChI is InChI=1S/C24H22N4O5S/c1-3-15-17(11-14-7-4-5-8-16(14)18-9-6-10-34-18)28-21(20(15)22(31)23(25)32)24(26-13(2)27-28)33-12-19(29)30/h4-10H,3,11-12H2,1-2H3,(H2,25,32)(H,29,30). The van der Waals surface area contributed by atoms with E-state index in [-0.39, 0.29) is 17.0 Å². The summed E-state index contributed by atoms with van der Waals surface area (Å²) in [5, 5.41) is 15.6. The van der Waals surface area contributed by atoms with Gasteiger partial charge in [-0.25, -0.2) is 9.31 Å². The highest BCUT2D eigenvalue weighted by molar-refractivity contribution is 7.13. The van der Waals surface area contributed by atoms with E-state index in [1.165, 1.54) is 4.52 Å². The van der Waals surface area contributed by atoms with Crippen LogP contribution in [-0.2, 0) is 22.4 Å². The fraction of sp³-hybridized carbons (Fsp3) is 0.208. The van der Waals surface area contributed by atoms with Crippen LogP contribution in [0.25, 0.3) is 16.0 Å². The summed E-state index contributed by atoms with van der Waals surface area (Å²) >= 11 is 1.62. The number of fused-ring (bicyclic) bond motifs is 1. The van der Waals surface area contributed by atoms with Crippen molar-refractivity contribution in [2.24, 2.45) is 5.73 Å². The molecule has 4 rings (SSSR count). The minimum Gasteiger partial charge on any atom is -0.479 e. The van der Waals surface area contributed by atoms with E-state index in [2.05, 4.69) is 10.1 Å². The zero-order valence-corrected chi connectivity index (χ0v) is 19.4. The van der Waals surface area contributed by atoms with E-state index in [1.807, 2.05) is 48.7 Å². The molecule has 3 heterocycles. The molecule has 4 aromatic rings. The molecule has 0 unspecified atom stereocenters. The zero-order valence-electron chi connectivity index (χ0n) is 18.6. The number of amides is 1. The molecule has 3 aromatic heterocycles. The maximum Gasteiger partial charge on any atom is 0.341 e. The van der Waals surface area contributed by atoms with Gasteiger partial charge in [0.25, 0.3) is 11.7 Å². The molecule has 0 radical (unpaired) electrons.